The van der Waals surface area contributed by atoms with E-state index in [9.17, 15) is 13.2 Å². The zero-order valence-corrected chi connectivity index (χ0v) is 11.3. The molecule has 0 saturated carbocycles. The normalized spacial score (nSPS) is 18.6. The fraction of sp³-hybridized carbons (Fsp3) is 0.400. The van der Waals surface area contributed by atoms with Crippen LogP contribution in [0, 0.1) is 5.92 Å². The Morgan fingerprint density at radius 1 is 1.24 bits per heavy atom. The van der Waals surface area contributed by atoms with Gasteiger partial charge < -0.3 is 10.2 Å². The van der Waals surface area contributed by atoms with Gasteiger partial charge in [-0.1, -0.05) is 0 Å². The van der Waals surface area contributed by atoms with E-state index in [0.29, 0.717) is 23.9 Å². The maximum atomic E-state index is 12.5. The van der Waals surface area contributed by atoms with Crippen molar-refractivity contribution in [1.82, 2.24) is 4.98 Å². The minimum Gasteiger partial charge on any atom is -0.441 e. The minimum absolute atomic E-state index is 0.381. The van der Waals surface area contributed by atoms with E-state index >= 15 is 0 Å². The van der Waals surface area contributed by atoms with Crippen molar-refractivity contribution in [1.29, 1.82) is 0 Å². The number of nitrogens with two attached hydrogens (primary N) is 1. The molecule has 1 aromatic carbocycles. The van der Waals surface area contributed by atoms with Crippen LogP contribution in [0.25, 0.3) is 11.5 Å². The molecule has 1 aromatic heterocycles. The van der Waals surface area contributed by atoms with Crippen molar-refractivity contribution in [3.05, 3.63) is 41.3 Å². The molecule has 0 spiro atoms. The van der Waals surface area contributed by atoms with Gasteiger partial charge in [-0.3, -0.25) is 0 Å². The highest BCUT2D eigenvalue weighted by molar-refractivity contribution is 5.54. The molecule has 21 heavy (non-hydrogen) atoms. The van der Waals surface area contributed by atoms with E-state index in [4.69, 9.17) is 10.2 Å². The Hall–Kier alpha value is -1.82. The molecule has 1 unspecified atom stereocenters. The fourth-order valence-electron chi connectivity index (χ4n) is 2.57. The van der Waals surface area contributed by atoms with Crippen LogP contribution in [-0.4, -0.2) is 11.5 Å². The quantitative estimate of drug-likeness (QED) is 0.923. The molecule has 2 aromatic rings. The molecule has 0 fully saturated rings. The van der Waals surface area contributed by atoms with Crippen LogP contribution in [0.4, 0.5) is 13.2 Å². The number of oxazole rings is 1. The molecule has 1 aliphatic rings. The fourth-order valence-corrected chi connectivity index (χ4v) is 2.57. The lowest BCUT2D eigenvalue weighted by atomic mass is 9.91. The number of hydrogen-bond acceptors (Lipinski definition) is 3. The van der Waals surface area contributed by atoms with Gasteiger partial charge in [0.2, 0.25) is 5.89 Å². The Labute approximate surface area is 120 Å². The monoisotopic (exact) mass is 296 g/mol. The number of alkyl halides is 3. The summed E-state index contributed by atoms with van der Waals surface area (Å²) in [6.07, 6.45) is -1.80. The highest BCUT2D eigenvalue weighted by Crippen LogP contribution is 2.33. The minimum atomic E-state index is -4.33. The Morgan fingerprint density at radius 2 is 1.95 bits per heavy atom. The van der Waals surface area contributed by atoms with E-state index in [1.165, 1.54) is 12.1 Å². The molecule has 1 heterocycles. The van der Waals surface area contributed by atoms with Crippen LogP contribution < -0.4 is 5.73 Å². The zero-order valence-electron chi connectivity index (χ0n) is 11.3. The van der Waals surface area contributed by atoms with Crippen LogP contribution in [-0.2, 0) is 19.0 Å². The average Bonchev–Trinajstić information content (AvgIpc) is 2.89. The molecule has 0 radical (unpaired) electrons. The number of aryl methyl sites for hydroxylation is 1. The van der Waals surface area contributed by atoms with Crippen molar-refractivity contribution in [3.8, 4) is 11.5 Å². The first kappa shape index (κ1) is 14.1. The van der Waals surface area contributed by atoms with Gasteiger partial charge in [-0.25, -0.2) is 4.98 Å². The van der Waals surface area contributed by atoms with Crippen molar-refractivity contribution in [2.45, 2.75) is 25.4 Å². The second kappa shape index (κ2) is 5.18. The Kier molecular flexibility index (Phi) is 3.49. The van der Waals surface area contributed by atoms with Gasteiger partial charge in [0, 0.05) is 12.0 Å². The number of nitrogens with zero attached hydrogens (tertiary/aromatic N) is 1. The van der Waals surface area contributed by atoms with E-state index in [2.05, 4.69) is 4.98 Å². The van der Waals surface area contributed by atoms with Crippen LogP contribution >= 0.6 is 0 Å². The van der Waals surface area contributed by atoms with Crippen LogP contribution in [0.15, 0.2) is 28.7 Å². The summed E-state index contributed by atoms with van der Waals surface area (Å²) in [5.74, 6) is 1.59. The number of rotatable bonds is 2. The lowest BCUT2D eigenvalue weighted by molar-refractivity contribution is -0.137. The Balaban J connectivity index is 1.87. The van der Waals surface area contributed by atoms with Gasteiger partial charge in [0.1, 0.15) is 5.76 Å². The maximum absolute atomic E-state index is 12.5. The van der Waals surface area contributed by atoms with Crippen molar-refractivity contribution in [2.24, 2.45) is 11.7 Å². The summed E-state index contributed by atoms with van der Waals surface area (Å²) in [6.45, 7) is 0.607. The van der Waals surface area contributed by atoms with Crippen molar-refractivity contribution < 1.29 is 17.6 Å². The number of aromatic nitrogens is 1. The van der Waals surface area contributed by atoms with Crippen molar-refractivity contribution >= 4 is 0 Å². The zero-order chi connectivity index (χ0) is 15.0. The summed E-state index contributed by atoms with van der Waals surface area (Å²) >= 11 is 0. The second-order valence-electron chi connectivity index (χ2n) is 5.31. The lowest BCUT2D eigenvalue weighted by Crippen LogP contribution is -2.21. The first-order valence-electron chi connectivity index (χ1n) is 6.83. The topological polar surface area (TPSA) is 52.0 Å². The molecule has 0 saturated heterocycles. The van der Waals surface area contributed by atoms with Gasteiger partial charge in [-0.2, -0.15) is 13.2 Å². The molecule has 6 heteroatoms. The van der Waals surface area contributed by atoms with Crippen LogP contribution in [0.2, 0.25) is 0 Å². The van der Waals surface area contributed by atoms with Gasteiger partial charge in [0.15, 0.2) is 0 Å². The van der Waals surface area contributed by atoms with Gasteiger partial charge in [0.05, 0.1) is 11.3 Å². The summed E-state index contributed by atoms with van der Waals surface area (Å²) in [6, 6.07) is 4.86. The predicted molar refractivity (Wildman–Crippen MR) is 71.5 cm³/mol. The largest absolute Gasteiger partial charge is 0.441 e. The SMILES string of the molecule is NCC1CCc2nc(-c3ccc(C(F)(F)F)cc3)oc2C1. The molecular weight excluding hydrogens is 281 g/mol. The highest BCUT2D eigenvalue weighted by Gasteiger charge is 2.30. The first-order valence-corrected chi connectivity index (χ1v) is 6.83. The third-order valence-electron chi connectivity index (χ3n) is 3.83. The molecule has 0 aliphatic heterocycles. The molecule has 1 aliphatic carbocycles. The Morgan fingerprint density at radius 3 is 2.57 bits per heavy atom. The van der Waals surface area contributed by atoms with Gasteiger partial charge >= 0.3 is 6.18 Å². The van der Waals surface area contributed by atoms with Gasteiger partial charge in [-0.15, -0.1) is 0 Å². The van der Waals surface area contributed by atoms with E-state index in [0.717, 1.165) is 42.8 Å². The number of fused-ring (bicyclic) bond motifs is 1. The number of benzene rings is 1. The van der Waals surface area contributed by atoms with E-state index in [1.807, 2.05) is 0 Å². The van der Waals surface area contributed by atoms with Crippen LogP contribution in [0.1, 0.15) is 23.4 Å². The molecule has 2 N–H and O–H groups in total. The van der Waals surface area contributed by atoms with E-state index < -0.39 is 11.7 Å². The standard InChI is InChI=1S/C15H15F3N2O/c16-15(17,18)11-4-2-10(3-5-11)14-20-12-6-1-9(8-19)7-13(12)21-14/h2-5,9H,1,6-8,19H2. The molecule has 112 valence electrons. The molecule has 0 amide bonds. The van der Waals surface area contributed by atoms with Crippen LogP contribution in [0.3, 0.4) is 0 Å². The molecule has 0 bridgehead atoms. The van der Waals surface area contributed by atoms with Crippen LogP contribution in [0.5, 0.6) is 0 Å². The predicted octanol–water partition coefficient (Wildman–Crippen LogP) is 3.42. The molecule has 3 nitrogen and oxygen atoms in total. The summed E-state index contributed by atoms with van der Waals surface area (Å²) in [5, 5.41) is 0. The molecule has 3 rings (SSSR count). The van der Waals surface area contributed by atoms with E-state index in [1.54, 1.807) is 0 Å². The summed E-state index contributed by atoms with van der Waals surface area (Å²) in [4.78, 5) is 4.39. The average molecular weight is 296 g/mol. The smallest absolute Gasteiger partial charge is 0.416 e. The van der Waals surface area contributed by atoms with Gasteiger partial charge in [-0.05, 0) is 49.6 Å². The Bertz CT molecular complexity index is 631. The van der Waals surface area contributed by atoms with Crippen molar-refractivity contribution in [3.63, 3.8) is 0 Å². The third kappa shape index (κ3) is 2.81. The van der Waals surface area contributed by atoms with Crippen molar-refractivity contribution in [2.75, 3.05) is 6.54 Å². The number of hydrogen-bond donors (Lipinski definition) is 1. The third-order valence-corrected chi connectivity index (χ3v) is 3.83. The van der Waals surface area contributed by atoms with E-state index in [-0.39, 0.29) is 0 Å². The highest BCUT2D eigenvalue weighted by atomic mass is 19.4. The molecular formula is C15H15F3N2O. The molecule has 1 atom stereocenters. The first-order chi connectivity index (χ1) is 9.97. The van der Waals surface area contributed by atoms with Gasteiger partial charge in [0.25, 0.3) is 0 Å². The second-order valence-corrected chi connectivity index (χ2v) is 5.31. The lowest BCUT2D eigenvalue weighted by Gasteiger charge is -2.17. The summed E-state index contributed by atoms with van der Waals surface area (Å²) in [5.41, 5.74) is 6.45. The number of halogens is 3. The summed E-state index contributed by atoms with van der Waals surface area (Å²) in [7, 11) is 0. The maximum Gasteiger partial charge on any atom is 0.416 e. The summed E-state index contributed by atoms with van der Waals surface area (Å²) < 4.78 is 43.3.